The number of rotatable bonds is 6. The van der Waals surface area contributed by atoms with Crippen molar-refractivity contribution in [3.05, 3.63) is 52.9 Å². The van der Waals surface area contributed by atoms with E-state index in [9.17, 15) is 9.18 Å². The first-order valence-electron chi connectivity index (χ1n) is 13.2. The second-order valence-electron chi connectivity index (χ2n) is 10.9. The Morgan fingerprint density at radius 2 is 1.92 bits per heavy atom. The number of hydrogen-bond donors (Lipinski definition) is 1. The molecule has 2 aromatic heterocycles. The summed E-state index contributed by atoms with van der Waals surface area (Å²) in [5.74, 6) is 1.51. The summed E-state index contributed by atoms with van der Waals surface area (Å²) in [5.41, 5.74) is 2.30. The monoisotopic (exact) mass is 509 g/mol. The molecule has 8 heteroatoms. The van der Waals surface area contributed by atoms with Gasteiger partial charge in [0.25, 0.3) is 0 Å². The Bertz CT molecular complexity index is 1280. The Morgan fingerprint density at radius 3 is 2.58 bits per heavy atom. The van der Waals surface area contributed by atoms with E-state index in [4.69, 9.17) is 11.6 Å². The van der Waals surface area contributed by atoms with Crippen LogP contribution in [0.3, 0.4) is 0 Å². The standard InChI is InChI=1S/C28H33ClFN5O/c1-3-22-26(19-12-32-34(2)13-19)27(22)28(36)33-25-10-17-8-23(24(29)9-18(17)11-31-25)16-4-6-21(7-5-16)35-14-20(30)15-35/h8-13,16,20-22,26-27H,3-7,14-15H2,1-2H3,(H,31,33,36)/t16-,21-,22-,26-,27-/m1/s1. The van der Waals surface area contributed by atoms with E-state index in [-0.39, 0.29) is 17.7 Å². The molecule has 0 spiro atoms. The molecule has 3 fully saturated rings. The van der Waals surface area contributed by atoms with Gasteiger partial charge in [-0.2, -0.15) is 5.10 Å². The zero-order chi connectivity index (χ0) is 25.0. The molecule has 2 aliphatic carbocycles. The first kappa shape index (κ1) is 23.9. The van der Waals surface area contributed by atoms with Crippen molar-refractivity contribution in [3.63, 3.8) is 0 Å². The fraction of sp³-hybridized carbons (Fsp3) is 0.536. The highest BCUT2D eigenvalue weighted by molar-refractivity contribution is 6.32. The number of halogens is 2. The van der Waals surface area contributed by atoms with Gasteiger partial charge in [0.05, 0.1) is 6.20 Å². The van der Waals surface area contributed by atoms with Crippen molar-refractivity contribution in [2.45, 2.75) is 63.1 Å². The number of nitrogens with one attached hydrogen (secondary N) is 1. The van der Waals surface area contributed by atoms with Crippen molar-refractivity contribution < 1.29 is 9.18 Å². The van der Waals surface area contributed by atoms with E-state index in [2.05, 4.69) is 33.3 Å². The predicted molar refractivity (Wildman–Crippen MR) is 140 cm³/mol. The quantitative estimate of drug-likeness (QED) is 0.464. The van der Waals surface area contributed by atoms with Crippen LogP contribution in [0.1, 0.15) is 62.0 Å². The molecule has 3 aliphatic rings. The van der Waals surface area contributed by atoms with Crippen LogP contribution < -0.4 is 5.32 Å². The molecule has 1 aromatic carbocycles. The third-order valence-corrected chi connectivity index (χ3v) is 8.99. The molecule has 190 valence electrons. The summed E-state index contributed by atoms with van der Waals surface area (Å²) < 4.78 is 15.1. The number of aryl methyl sites for hydroxylation is 1. The number of likely N-dealkylation sites (tertiary alicyclic amines) is 1. The third-order valence-electron chi connectivity index (χ3n) is 8.66. The molecule has 3 atom stereocenters. The van der Waals surface area contributed by atoms with Crippen molar-refractivity contribution in [2.75, 3.05) is 18.4 Å². The molecule has 1 aliphatic heterocycles. The fourth-order valence-corrected chi connectivity index (χ4v) is 6.91. The van der Waals surface area contributed by atoms with Crippen LogP contribution in [-0.4, -0.2) is 50.9 Å². The van der Waals surface area contributed by atoms with E-state index in [1.807, 2.05) is 31.6 Å². The number of amides is 1. The van der Waals surface area contributed by atoms with Crippen LogP contribution >= 0.6 is 11.6 Å². The zero-order valence-electron chi connectivity index (χ0n) is 20.8. The van der Waals surface area contributed by atoms with Crippen molar-refractivity contribution in [1.82, 2.24) is 19.7 Å². The Morgan fingerprint density at radius 1 is 1.14 bits per heavy atom. The topological polar surface area (TPSA) is 63.1 Å². The van der Waals surface area contributed by atoms with Crippen LogP contribution in [0.4, 0.5) is 10.2 Å². The second kappa shape index (κ2) is 9.42. The molecule has 6 nitrogen and oxygen atoms in total. The third kappa shape index (κ3) is 4.41. The Labute approximate surface area is 216 Å². The first-order valence-corrected chi connectivity index (χ1v) is 13.6. The van der Waals surface area contributed by atoms with E-state index >= 15 is 0 Å². The summed E-state index contributed by atoms with van der Waals surface area (Å²) in [6.45, 7) is 3.32. The fourth-order valence-electron chi connectivity index (χ4n) is 6.59. The highest BCUT2D eigenvalue weighted by Crippen LogP contribution is 2.56. The van der Waals surface area contributed by atoms with E-state index in [0.29, 0.717) is 36.8 Å². The predicted octanol–water partition coefficient (Wildman–Crippen LogP) is 5.68. The molecule has 0 bridgehead atoms. The van der Waals surface area contributed by atoms with Gasteiger partial charge in [-0.25, -0.2) is 9.37 Å². The highest BCUT2D eigenvalue weighted by Gasteiger charge is 2.54. The minimum absolute atomic E-state index is 0.0246. The molecule has 1 N–H and O–H groups in total. The minimum atomic E-state index is -0.644. The van der Waals surface area contributed by atoms with Crippen LogP contribution in [0.15, 0.2) is 36.8 Å². The Balaban J connectivity index is 1.16. The lowest BCUT2D eigenvalue weighted by Crippen LogP contribution is -2.54. The van der Waals surface area contributed by atoms with Crippen molar-refractivity contribution in [3.8, 4) is 0 Å². The molecule has 1 saturated heterocycles. The van der Waals surface area contributed by atoms with Gasteiger partial charge in [-0.3, -0.25) is 14.4 Å². The number of carbonyl (C=O) groups is 1. The van der Waals surface area contributed by atoms with Crippen molar-refractivity contribution >= 4 is 34.1 Å². The molecular weight excluding hydrogens is 477 g/mol. The maximum absolute atomic E-state index is 13.3. The van der Waals surface area contributed by atoms with E-state index in [0.717, 1.165) is 53.5 Å². The Hall–Kier alpha value is -2.51. The minimum Gasteiger partial charge on any atom is -0.310 e. The molecule has 36 heavy (non-hydrogen) atoms. The summed E-state index contributed by atoms with van der Waals surface area (Å²) in [6, 6.07) is 6.63. The number of carbonyl (C=O) groups excluding carboxylic acids is 1. The van der Waals surface area contributed by atoms with Gasteiger partial charge in [0, 0.05) is 60.8 Å². The molecule has 0 unspecified atom stereocenters. The number of benzene rings is 1. The summed E-state index contributed by atoms with van der Waals surface area (Å²) in [6.07, 6.45) is 10.3. The number of hydrogen-bond acceptors (Lipinski definition) is 4. The van der Waals surface area contributed by atoms with E-state index in [1.54, 1.807) is 10.9 Å². The van der Waals surface area contributed by atoms with Crippen LogP contribution in [0, 0.1) is 11.8 Å². The summed E-state index contributed by atoms with van der Waals surface area (Å²) in [4.78, 5) is 19.9. The molecule has 3 heterocycles. The zero-order valence-corrected chi connectivity index (χ0v) is 21.6. The largest absolute Gasteiger partial charge is 0.310 e. The smallest absolute Gasteiger partial charge is 0.229 e. The average Bonchev–Trinajstić information content (AvgIpc) is 3.44. The second-order valence-corrected chi connectivity index (χ2v) is 11.3. The van der Waals surface area contributed by atoms with Gasteiger partial charge in [-0.15, -0.1) is 0 Å². The number of alkyl halides is 1. The molecule has 3 aromatic rings. The summed E-state index contributed by atoms with van der Waals surface area (Å²) in [7, 11) is 1.90. The maximum Gasteiger partial charge on any atom is 0.229 e. The van der Waals surface area contributed by atoms with Crippen molar-refractivity contribution in [1.29, 1.82) is 0 Å². The number of pyridine rings is 1. The lowest BCUT2D eigenvalue weighted by Gasteiger charge is -2.43. The molecular formula is C28H33ClFN5O. The molecule has 2 saturated carbocycles. The van der Waals surface area contributed by atoms with Crippen molar-refractivity contribution in [2.24, 2.45) is 18.9 Å². The van der Waals surface area contributed by atoms with Gasteiger partial charge in [0.2, 0.25) is 5.91 Å². The van der Waals surface area contributed by atoms with Crippen LogP contribution in [0.2, 0.25) is 5.02 Å². The Kier molecular flexibility index (Phi) is 6.24. The molecule has 1 amide bonds. The number of anilines is 1. The van der Waals surface area contributed by atoms with Gasteiger partial charge < -0.3 is 5.32 Å². The average molecular weight is 510 g/mol. The molecule has 0 radical (unpaired) electrons. The van der Waals surface area contributed by atoms with E-state index in [1.165, 1.54) is 5.56 Å². The lowest BCUT2D eigenvalue weighted by molar-refractivity contribution is -0.117. The number of aromatic nitrogens is 3. The number of nitrogens with zero attached hydrogens (tertiary/aromatic N) is 4. The van der Waals surface area contributed by atoms with Gasteiger partial charge in [-0.1, -0.05) is 24.9 Å². The SMILES string of the molecule is CC[C@H]1[C@@H](C(=O)Nc2cc3cc([C@H]4CC[C@H](N5CC(F)C5)CC4)c(Cl)cc3cn2)[C@@H]1c1cnn(C)c1. The number of fused-ring (bicyclic) bond motifs is 1. The van der Waals surface area contributed by atoms with Gasteiger partial charge in [0.15, 0.2) is 0 Å². The van der Waals surface area contributed by atoms with E-state index < -0.39 is 6.17 Å². The van der Waals surface area contributed by atoms with Crippen LogP contribution in [0.25, 0.3) is 10.8 Å². The van der Waals surface area contributed by atoms with Crippen LogP contribution in [-0.2, 0) is 11.8 Å². The van der Waals surface area contributed by atoms with Gasteiger partial charge >= 0.3 is 0 Å². The summed E-state index contributed by atoms with van der Waals surface area (Å²) >= 11 is 6.71. The normalized spacial score (nSPS) is 28.7. The maximum atomic E-state index is 13.3. The highest BCUT2D eigenvalue weighted by atomic mass is 35.5. The van der Waals surface area contributed by atoms with Gasteiger partial charge in [0.1, 0.15) is 12.0 Å². The first-order chi connectivity index (χ1) is 17.4. The van der Waals surface area contributed by atoms with Gasteiger partial charge in [-0.05, 0) is 72.2 Å². The summed E-state index contributed by atoms with van der Waals surface area (Å²) in [5, 5.41) is 10.1. The van der Waals surface area contributed by atoms with Crippen LogP contribution in [0.5, 0.6) is 0 Å². The molecule has 6 rings (SSSR count). The lowest BCUT2D eigenvalue weighted by atomic mass is 9.80.